The first-order chi connectivity index (χ1) is 12.9. The lowest BCUT2D eigenvalue weighted by Crippen LogP contribution is -2.82. The van der Waals surface area contributed by atoms with E-state index in [0.29, 0.717) is 5.75 Å². The molecule has 1 fully saturated rings. The molecule has 4 N–H and O–H groups in total. The van der Waals surface area contributed by atoms with Gasteiger partial charge < -0.3 is 30.1 Å². The number of benzene rings is 1. The van der Waals surface area contributed by atoms with E-state index in [9.17, 15) is 20.1 Å². The predicted octanol–water partition coefficient (Wildman–Crippen LogP) is 1.43. The molecule has 1 amide bonds. The number of aliphatic hydroxyl groups excluding tert-OH is 2. The van der Waals surface area contributed by atoms with Crippen molar-refractivity contribution in [2.45, 2.75) is 75.6 Å². The molecule has 1 aliphatic rings. The monoisotopic (exact) mass is 411 g/mol. The molecule has 158 valence electrons. The van der Waals surface area contributed by atoms with Gasteiger partial charge in [-0.1, -0.05) is 52.1 Å². The minimum Gasteiger partial charge on any atom is -0.463 e. The van der Waals surface area contributed by atoms with Crippen molar-refractivity contribution in [1.29, 1.82) is 0 Å². The number of amides is 1. The topological polar surface area (TPSA) is 108 Å². The Labute approximate surface area is 167 Å². The number of nitrogens with one attached hydrogen (secondary N) is 1. The molecular weight excluding hydrogens is 378 g/mol. The summed E-state index contributed by atoms with van der Waals surface area (Å²) in [6, 6.07) is 7.89. The fourth-order valence-electron chi connectivity index (χ4n) is 3.63. The number of ether oxygens (including phenoxy) is 2. The van der Waals surface area contributed by atoms with Crippen LogP contribution in [0.3, 0.4) is 0 Å². The van der Waals surface area contributed by atoms with Crippen LogP contribution in [-0.2, 0) is 9.53 Å². The maximum atomic E-state index is 12.0. The van der Waals surface area contributed by atoms with Gasteiger partial charge in [0.05, 0.1) is 14.7 Å². The van der Waals surface area contributed by atoms with E-state index in [1.54, 1.807) is 24.3 Å². The Bertz CT molecular complexity index is 677. The summed E-state index contributed by atoms with van der Waals surface area (Å²) < 4.78 is 11.7. The molecule has 0 saturated carbocycles. The zero-order chi connectivity index (χ0) is 21.3. The summed E-state index contributed by atoms with van der Waals surface area (Å²) in [6.45, 7) is 10.8. The van der Waals surface area contributed by atoms with Crippen molar-refractivity contribution < 1.29 is 29.6 Å². The molecule has 0 bridgehead atoms. The van der Waals surface area contributed by atoms with E-state index < -0.39 is 44.4 Å². The van der Waals surface area contributed by atoms with Crippen LogP contribution in [-0.4, -0.2) is 65.7 Å². The molecule has 0 spiro atoms. The maximum Gasteiger partial charge on any atom is 0.223 e. The number of aliphatic hydroxyl groups is 3. The summed E-state index contributed by atoms with van der Waals surface area (Å²) in [6.07, 6.45) is -3.50. The van der Waals surface area contributed by atoms with Crippen molar-refractivity contribution >= 4 is 14.0 Å². The van der Waals surface area contributed by atoms with Gasteiger partial charge in [-0.3, -0.25) is 4.79 Å². The summed E-state index contributed by atoms with van der Waals surface area (Å²) in [5.74, 6) is 0.121. The largest absolute Gasteiger partial charge is 0.463 e. The number of rotatable bonds is 5. The minimum atomic E-state index is -2.72. The average molecular weight is 412 g/mol. The van der Waals surface area contributed by atoms with E-state index in [1.807, 2.05) is 39.9 Å². The van der Waals surface area contributed by atoms with Crippen LogP contribution < -0.4 is 10.1 Å². The fourth-order valence-corrected chi connectivity index (χ4v) is 6.74. The van der Waals surface area contributed by atoms with Gasteiger partial charge in [0.15, 0.2) is 0 Å². The zero-order valence-corrected chi connectivity index (χ0v) is 18.5. The maximum absolute atomic E-state index is 12.0. The number of para-hydroxylation sites is 1. The standard InChI is InChI=1S/C20H33NO6Si/c1-13(23)21-16-18(26-14-10-8-7-9-11-14)27-15(12-22)17(24)20(16,25)28(5,6)19(2,3)4/h7-11,15-18,22,24-25H,12H2,1-6H3,(H,21,23)/t15-,16-,17-,18+,20+/m1/s1. The summed E-state index contributed by atoms with van der Waals surface area (Å²) in [5.41, 5.74) is 0. The van der Waals surface area contributed by atoms with E-state index in [1.165, 1.54) is 6.92 Å². The predicted molar refractivity (Wildman–Crippen MR) is 109 cm³/mol. The van der Waals surface area contributed by atoms with Gasteiger partial charge in [-0.25, -0.2) is 0 Å². The third-order valence-corrected chi connectivity index (χ3v) is 12.6. The lowest BCUT2D eigenvalue weighted by molar-refractivity contribution is -0.260. The van der Waals surface area contributed by atoms with E-state index in [-0.39, 0.29) is 10.9 Å². The smallest absolute Gasteiger partial charge is 0.223 e. The Morgan fingerprint density at radius 1 is 1.29 bits per heavy atom. The van der Waals surface area contributed by atoms with Gasteiger partial charge in [-0.2, -0.15) is 0 Å². The molecule has 1 heterocycles. The van der Waals surface area contributed by atoms with E-state index in [4.69, 9.17) is 9.47 Å². The van der Waals surface area contributed by atoms with Gasteiger partial charge in [0.25, 0.3) is 0 Å². The molecule has 0 unspecified atom stereocenters. The first-order valence-corrected chi connectivity index (χ1v) is 12.5. The molecule has 2 rings (SSSR count). The SMILES string of the molecule is CC(=O)N[C@@H]1[C@@H](Oc2ccccc2)O[C@H](CO)[C@@H](O)[C@@]1(O)[Si](C)(C)C(C)(C)C. The van der Waals surface area contributed by atoms with Crippen molar-refractivity contribution in [3.8, 4) is 5.75 Å². The van der Waals surface area contributed by atoms with Crippen LogP contribution in [0.5, 0.6) is 5.75 Å². The second-order valence-electron chi connectivity index (χ2n) is 8.98. The summed E-state index contributed by atoms with van der Waals surface area (Å²) in [7, 11) is -2.72. The molecule has 0 radical (unpaired) electrons. The quantitative estimate of drug-likeness (QED) is 0.546. The number of hydrogen-bond donors (Lipinski definition) is 4. The molecule has 1 aromatic carbocycles. The average Bonchev–Trinajstić information content (AvgIpc) is 2.60. The second-order valence-corrected chi connectivity index (χ2v) is 14.5. The van der Waals surface area contributed by atoms with Crippen LogP contribution in [0, 0.1) is 0 Å². The molecule has 1 aromatic rings. The number of hydrogen-bond acceptors (Lipinski definition) is 6. The van der Waals surface area contributed by atoms with Crippen molar-refractivity contribution in [2.75, 3.05) is 6.61 Å². The molecule has 1 saturated heterocycles. The van der Waals surface area contributed by atoms with Crippen LogP contribution in [0.25, 0.3) is 0 Å². The van der Waals surface area contributed by atoms with Gasteiger partial charge in [-0.15, -0.1) is 0 Å². The minimum absolute atomic E-state index is 0.325. The number of carbonyl (C=O) groups is 1. The highest BCUT2D eigenvalue weighted by Crippen LogP contribution is 2.48. The van der Waals surface area contributed by atoms with Gasteiger partial charge in [-0.05, 0) is 17.2 Å². The Morgan fingerprint density at radius 2 is 1.86 bits per heavy atom. The van der Waals surface area contributed by atoms with Gasteiger partial charge in [0.2, 0.25) is 12.2 Å². The van der Waals surface area contributed by atoms with Crippen LogP contribution in [0.4, 0.5) is 0 Å². The van der Waals surface area contributed by atoms with Crippen LogP contribution in [0.15, 0.2) is 30.3 Å². The zero-order valence-electron chi connectivity index (χ0n) is 17.5. The number of carbonyl (C=O) groups excluding carboxylic acids is 1. The summed E-state index contributed by atoms with van der Waals surface area (Å²) >= 11 is 0. The molecule has 7 nitrogen and oxygen atoms in total. The van der Waals surface area contributed by atoms with E-state index in [2.05, 4.69) is 5.32 Å². The van der Waals surface area contributed by atoms with Gasteiger partial charge in [0, 0.05) is 6.92 Å². The molecule has 8 heteroatoms. The first kappa shape index (κ1) is 22.8. The Morgan fingerprint density at radius 3 is 2.32 bits per heavy atom. The lowest BCUT2D eigenvalue weighted by atomic mass is 9.95. The Balaban J connectivity index is 2.58. The third-order valence-electron chi connectivity index (χ3n) is 6.27. The molecule has 5 atom stereocenters. The highest BCUT2D eigenvalue weighted by Gasteiger charge is 2.66. The second kappa shape index (κ2) is 8.12. The van der Waals surface area contributed by atoms with Crippen molar-refractivity contribution in [1.82, 2.24) is 5.32 Å². The Kier molecular flexibility index (Phi) is 6.62. The van der Waals surface area contributed by atoms with Crippen LogP contribution >= 0.6 is 0 Å². The van der Waals surface area contributed by atoms with Gasteiger partial charge in [0.1, 0.15) is 29.2 Å². The fraction of sp³-hybridized carbons (Fsp3) is 0.650. The normalized spacial score (nSPS) is 31.3. The third kappa shape index (κ3) is 3.97. The molecule has 0 aliphatic carbocycles. The Hall–Kier alpha value is -1.45. The van der Waals surface area contributed by atoms with E-state index in [0.717, 1.165) is 0 Å². The highest BCUT2D eigenvalue weighted by atomic mass is 28.3. The van der Waals surface area contributed by atoms with Gasteiger partial charge >= 0.3 is 0 Å². The van der Waals surface area contributed by atoms with Crippen molar-refractivity contribution in [3.63, 3.8) is 0 Å². The van der Waals surface area contributed by atoms with Crippen LogP contribution in [0.1, 0.15) is 27.7 Å². The van der Waals surface area contributed by atoms with Crippen LogP contribution in [0.2, 0.25) is 18.1 Å². The molecule has 0 aromatic heterocycles. The summed E-state index contributed by atoms with van der Waals surface area (Å²) in [5, 5.41) is 33.5. The first-order valence-electron chi connectivity index (χ1n) is 9.52. The summed E-state index contributed by atoms with van der Waals surface area (Å²) in [4.78, 5) is 12.0. The highest BCUT2D eigenvalue weighted by molar-refractivity contribution is 6.83. The lowest BCUT2D eigenvalue weighted by Gasteiger charge is -2.59. The molecule has 28 heavy (non-hydrogen) atoms. The molecule has 1 aliphatic heterocycles. The van der Waals surface area contributed by atoms with Crippen molar-refractivity contribution in [3.05, 3.63) is 30.3 Å². The molecular formula is C20H33NO6Si. The van der Waals surface area contributed by atoms with Crippen molar-refractivity contribution in [2.24, 2.45) is 0 Å². The van der Waals surface area contributed by atoms with E-state index >= 15 is 0 Å².